The standard InChI is InChI=1S/C14H18BrFO3/c1-2-3-8-19-14(18)7-6-13(17)11-5-4-10(16)9-12(11)15/h4-5,9,13,17H,2-3,6-8H2,1H3. The molecule has 1 aromatic carbocycles. The van der Waals surface area contributed by atoms with E-state index in [4.69, 9.17) is 4.74 Å². The molecular formula is C14H18BrFO3. The summed E-state index contributed by atoms with van der Waals surface area (Å²) >= 11 is 3.19. The largest absolute Gasteiger partial charge is 0.466 e. The molecule has 0 heterocycles. The Hall–Kier alpha value is -0.940. The van der Waals surface area contributed by atoms with Crippen LogP contribution in [-0.2, 0) is 9.53 Å². The Labute approximate surface area is 120 Å². The van der Waals surface area contributed by atoms with Crippen LogP contribution in [0.5, 0.6) is 0 Å². The molecule has 0 saturated heterocycles. The predicted molar refractivity (Wildman–Crippen MR) is 74.2 cm³/mol. The molecule has 0 aromatic heterocycles. The summed E-state index contributed by atoms with van der Waals surface area (Å²) in [6, 6.07) is 4.08. The molecule has 0 radical (unpaired) electrons. The van der Waals surface area contributed by atoms with Gasteiger partial charge < -0.3 is 9.84 Å². The van der Waals surface area contributed by atoms with Crippen LogP contribution in [-0.4, -0.2) is 17.7 Å². The van der Waals surface area contributed by atoms with Crippen molar-refractivity contribution in [1.82, 2.24) is 0 Å². The maximum Gasteiger partial charge on any atom is 0.305 e. The summed E-state index contributed by atoms with van der Waals surface area (Å²) in [4.78, 5) is 11.4. The van der Waals surface area contributed by atoms with Gasteiger partial charge in [0.15, 0.2) is 0 Å². The summed E-state index contributed by atoms with van der Waals surface area (Å²) in [6.45, 7) is 2.44. The molecule has 0 amide bonds. The second-order valence-corrected chi connectivity index (χ2v) is 5.15. The van der Waals surface area contributed by atoms with Gasteiger partial charge in [-0.05, 0) is 30.5 Å². The smallest absolute Gasteiger partial charge is 0.305 e. The van der Waals surface area contributed by atoms with Crippen molar-refractivity contribution in [2.45, 2.75) is 38.7 Å². The van der Waals surface area contributed by atoms with E-state index in [2.05, 4.69) is 15.9 Å². The molecule has 1 unspecified atom stereocenters. The Morgan fingerprint density at radius 2 is 2.26 bits per heavy atom. The van der Waals surface area contributed by atoms with Gasteiger partial charge in [0.2, 0.25) is 0 Å². The molecule has 0 aliphatic rings. The van der Waals surface area contributed by atoms with Gasteiger partial charge in [-0.25, -0.2) is 4.39 Å². The minimum absolute atomic E-state index is 0.148. The van der Waals surface area contributed by atoms with E-state index < -0.39 is 6.10 Å². The van der Waals surface area contributed by atoms with Gasteiger partial charge in [0.25, 0.3) is 0 Å². The Kier molecular flexibility index (Phi) is 7.02. The highest BCUT2D eigenvalue weighted by Crippen LogP contribution is 2.27. The first-order chi connectivity index (χ1) is 9.04. The van der Waals surface area contributed by atoms with Crippen LogP contribution in [0.4, 0.5) is 4.39 Å². The molecule has 1 N–H and O–H groups in total. The average molecular weight is 333 g/mol. The quantitative estimate of drug-likeness (QED) is 0.611. The number of ether oxygens (including phenoxy) is 1. The molecule has 5 heteroatoms. The highest BCUT2D eigenvalue weighted by atomic mass is 79.9. The number of hydrogen-bond acceptors (Lipinski definition) is 3. The molecule has 0 aliphatic heterocycles. The van der Waals surface area contributed by atoms with E-state index in [0.29, 0.717) is 16.6 Å². The van der Waals surface area contributed by atoms with E-state index in [1.807, 2.05) is 6.92 Å². The van der Waals surface area contributed by atoms with Crippen LogP contribution < -0.4 is 0 Å². The molecule has 0 bridgehead atoms. The summed E-state index contributed by atoms with van der Waals surface area (Å²) in [5, 5.41) is 9.95. The molecule has 3 nitrogen and oxygen atoms in total. The normalized spacial score (nSPS) is 12.2. The average Bonchev–Trinajstić information content (AvgIpc) is 2.36. The fraction of sp³-hybridized carbons (Fsp3) is 0.500. The van der Waals surface area contributed by atoms with E-state index in [1.54, 1.807) is 0 Å². The first-order valence-corrected chi connectivity index (χ1v) is 7.12. The van der Waals surface area contributed by atoms with Gasteiger partial charge in [-0.2, -0.15) is 0 Å². The third-order valence-corrected chi connectivity index (χ3v) is 3.39. The maximum atomic E-state index is 12.9. The number of carbonyl (C=O) groups excluding carboxylic acids is 1. The first kappa shape index (κ1) is 16.1. The van der Waals surface area contributed by atoms with E-state index in [-0.39, 0.29) is 24.6 Å². The Morgan fingerprint density at radius 3 is 2.89 bits per heavy atom. The number of carbonyl (C=O) groups is 1. The van der Waals surface area contributed by atoms with Crippen molar-refractivity contribution >= 4 is 21.9 Å². The zero-order chi connectivity index (χ0) is 14.3. The Morgan fingerprint density at radius 1 is 1.53 bits per heavy atom. The number of benzene rings is 1. The summed E-state index contributed by atoms with van der Waals surface area (Å²) in [7, 11) is 0. The van der Waals surface area contributed by atoms with Gasteiger partial charge in [-0.15, -0.1) is 0 Å². The lowest BCUT2D eigenvalue weighted by atomic mass is 10.1. The van der Waals surface area contributed by atoms with Crippen LogP contribution in [0.25, 0.3) is 0 Å². The molecule has 106 valence electrons. The molecule has 0 saturated carbocycles. The van der Waals surface area contributed by atoms with Crippen molar-refractivity contribution in [3.8, 4) is 0 Å². The maximum absolute atomic E-state index is 12.9. The second kappa shape index (κ2) is 8.27. The topological polar surface area (TPSA) is 46.5 Å². The Balaban J connectivity index is 2.42. The lowest BCUT2D eigenvalue weighted by Crippen LogP contribution is -2.08. The number of aliphatic hydroxyl groups excluding tert-OH is 1. The number of hydrogen-bond donors (Lipinski definition) is 1. The van der Waals surface area contributed by atoms with Crippen LogP contribution in [0, 0.1) is 5.82 Å². The van der Waals surface area contributed by atoms with Crippen LogP contribution in [0.2, 0.25) is 0 Å². The van der Waals surface area contributed by atoms with Gasteiger partial charge in [0.1, 0.15) is 5.82 Å². The fourth-order valence-corrected chi connectivity index (χ4v) is 2.20. The summed E-state index contributed by atoms with van der Waals surface area (Å²) < 4.78 is 18.4. The molecular weight excluding hydrogens is 315 g/mol. The van der Waals surface area contributed by atoms with Gasteiger partial charge >= 0.3 is 5.97 Å². The number of unbranched alkanes of at least 4 members (excludes halogenated alkanes) is 1. The summed E-state index contributed by atoms with van der Waals surface area (Å²) in [6.07, 6.45) is 1.41. The molecule has 1 aromatic rings. The molecule has 0 fully saturated rings. The zero-order valence-corrected chi connectivity index (χ0v) is 12.5. The van der Waals surface area contributed by atoms with Crippen LogP contribution in [0.1, 0.15) is 44.3 Å². The molecule has 0 spiro atoms. The minimum Gasteiger partial charge on any atom is -0.466 e. The first-order valence-electron chi connectivity index (χ1n) is 6.33. The number of aliphatic hydroxyl groups is 1. The number of esters is 1. The monoisotopic (exact) mass is 332 g/mol. The predicted octanol–water partition coefficient (Wildman–Crippen LogP) is 3.75. The SMILES string of the molecule is CCCCOC(=O)CCC(O)c1ccc(F)cc1Br. The zero-order valence-electron chi connectivity index (χ0n) is 10.9. The third kappa shape index (κ3) is 5.70. The van der Waals surface area contributed by atoms with E-state index in [0.717, 1.165) is 12.8 Å². The van der Waals surface area contributed by atoms with E-state index in [9.17, 15) is 14.3 Å². The van der Waals surface area contributed by atoms with E-state index in [1.165, 1.54) is 18.2 Å². The fourth-order valence-electron chi connectivity index (χ4n) is 1.58. The van der Waals surface area contributed by atoms with Crippen molar-refractivity contribution in [1.29, 1.82) is 0 Å². The van der Waals surface area contributed by atoms with E-state index >= 15 is 0 Å². The van der Waals surface area contributed by atoms with Gasteiger partial charge in [-0.1, -0.05) is 35.3 Å². The van der Waals surface area contributed by atoms with Crippen LogP contribution in [0.3, 0.4) is 0 Å². The second-order valence-electron chi connectivity index (χ2n) is 4.29. The van der Waals surface area contributed by atoms with Gasteiger partial charge in [0, 0.05) is 10.9 Å². The van der Waals surface area contributed by atoms with Crippen LogP contribution in [0.15, 0.2) is 22.7 Å². The van der Waals surface area contributed by atoms with Crippen molar-refractivity contribution < 1.29 is 19.0 Å². The van der Waals surface area contributed by atoms with Crippen molar-refractivity contribution in [3.05, 3.63) is 34.1 Å². The lowest BCUT2D eigenvalue weighted by Gasteiger charge is -2.12. The highest BCUT2D eigenvalue weighted by Gasteiger charge is 2.14. The van der Waals surface area contributed by atoms with Crippen molar-refractivity contribution in [2.75, 3.05) is 6.61 Å². The lowest BCUT2D eigenvalue weighted by molar-refractivity contribution is -0.144. The third-order valence-electron chi connectivity index (χ3n) is 2.70. The van der Waals surface area contributed by atoms with Gasteiger partial charge in [0.05, 0.1) is 12.7 Å². The number of halogens is 2. The molecule has 1 rings (SSSR count). The summed E-state index contributed by atoms with van der Waals surface area (Å²) in [5.74, 6) is -0.687. The van der Waals surface area contributed by atoms with Crippen LogP contribution >= 0.6 is 15.9 Å². The summed E-state index contributed by atoms with van der Waals surface area (Å²) in [5.41, 5.74) is 0.572. The Bertz CT molecular complexity index is 423. The van der Waals surface area contributed by atoms with Crippen molar-refractivity contribution in [3.63, 3.8) is 0 Å². The molecule has 19 heavy (non-hydrogen) atoms. The highest BCUT2D eigenvalue weighted by molar-refractivity contribution is 9.10. The molecule has 0 aliphatic carbocycles. The number of rotatable bonds is 7. The van der Waals surface area contributed by atoms with Crippen molar-refractivity contribution in [2.24, 2.45) is 0 Å². The minimum atomic E-state index is -0.811. The van der Waals surface area contributed by atoms with Gasteiger partial charge in [-0.3, -0.25) is 4.79 Å². The molecule has 1 atom stereocenters.